The van der Waals surface area contributed by atoms with Crippen LogP contribution in [0.3, 0.4) is 0 Å². The van der Waals surface area contributed by atoms with Gasteiger partial charge in [0.05, 0.1) is 0 Å². The summed E-state index contributed by atoms with van der Waals surface area (Å²) in [5, 5.41) is 5.79. The van der Waals surface area contributed by atoms with E-state index in [0.717, 1.165) is 13.1 Å². The minimum absolute atomic E-state index is 0.266. The first-order chi connectivity index (χ1) is 8.68. The molecule has 0 amide bonds. The van der Waals surface area contributed by atoms with Crippen molar-refractivity contribution in [2.24, 2.45) is 0 Å². The van der Waals surface area contributed by atoms with Gasteiger partial charge in [-0.3, -0.25) is 0 Å². The standard InChI is InChI=1S/C15H26N2S/c1-15(2,14-7-5-12-18-14)13-16-8-6-11-17-9-3-4-10-17/h5,7,12,16H,3-4,6,8-11,13H2,1-2H3. The van der Waals surface area contributed by atoms with Crippen molar-refractivity contribution in [3.8, 4) is 0 Å². The van der Waals surface area contributed by atoms with Crippen LogP contribution in [-0.2, 0) is 5.41 Å². The van der Waals surface area contributed by atoms with Gasteiger partial charge in [0.1, 0.15) is 0 Å². The molecule has 0 bridgehead atoms. The molecule has 0 atom stereocenters. The predicted molar refractivity (Wildman–Crippen MR) is 80.5 cm³/mol. The van der Waals surface area contributed by atoms with Crippen molar-refractivity contribution in [2.45, 2.75) is 38.5 Å². The summed E-state index contributed by atoms with van der Waals surface area (Å²) in [5.41, 5.74) is 0.266. The zero-order chi connectivity index (χ0) is 12.8. The third-order valence-electron chi connectivity index (χ3n) is 3.78. The van der Waals surface area contributed by atoms with Crippen LogP contribution in [-0.4, -0.2) is 37.6 Å². The van der Waals surface area contributed by atoms with Crippen molar-refractivity contribution in [1.82, 2.24) is 10.2 Å². The van der Waals surface area contributed by atoms with Crippen LogP contribution in [0, 0.1) is 0 Å². The molecule has 2 rings (SSSR count). The van der Waals surface area contributed by atoms with Crippen LogP contribution in [0.1, 0.15) is 38.0 Å². The van der Waals surface area contributed by atoms with Crippen LogP contribution in [0.25, 0.3) is 0 Å². The second-order valence-electron chi connectivity index (χ2n) is 5.94. The van der Waals surface area contributed by atoms with Crippen LogP contribution in [0.2, 0.25) is 0 Å². The molecule has 18 heavy (non-hydrogen) atoms. The zero-order valence-electron chi connectivity index (χ0n) is 11.7. The van der Waals surface area contributed by atoms with Crippen molar-refractivity contribution in [3.05, 3.63) is 22.4 Å². The molecule has 1 aliphatic heterocycles. The van der Waals surface area contributed by atoms with E-state index in [9.17, 15) is 0 Å². The molecule has 2 nitrogen and oxygen atoms in total. The summed E-state index contributed by atoms with van der Waals surface area (Å²) in [7, 11) is 0. The van der Waals surface area contributed by atoms with Crippen molar-refractivity contribution < 1.29 is 0 Å². The summed E-state index contributed by atoms with van der Waals surface area (Å²) in [6, 6.07) is 4.39. The molecule has 0 spiro atoms. The van der Waals surface area contributed by atoms with Crippen molar-refractivity contribution in [1.29, 1.82) is 0 Å². The van der Waals surface area contributed by atoms with E-state index in [4.69, 9.17) is 0 Å². The minimum atomic E-state index is 0.266. The van der Waals surface area contributed by atoms with Crippen LogP contribution in [0.15, 0.2) is 17.5 Å². The van der Waals surface area contributed by atoms with Gasteiger partial charge in [0.25, 0.3) is 0 Å². The van der Waals surface area contributed by atoms with Gasteiger partial charge in [0, 0.05) is 16.8 Å². The molecular weight excluding hydrogens is 240 g/mol. The van der Waals surface area contributed by atoms with E-state index in [1.54, 1.807) is 0 Å². The Labute approximate surface area is 115 Å². The highest BCUT2D eigenvalue weighted by Gasteiger charge is 2.20. The van der Waals surface area contributed by atoms with E-state index in [0.29, 0.717) is 0 Å². The second-order valence-corrected chi connectivity index (χ2v) is 6.89. The number of hydrogen-bond acceptors (Lipinski definition) is 3. The molecule has 1 aliphatic rings. The maximum Gasteiger partial charge on any atom is 0.0115 e. The van der Waals surface area contributed by atoms with Gasteiger partial charge in [-0.15, -0.1) is 11.3 Å². The van der Waals surface area contributed by atoms with Gasteiger partial charge in [-0.2, -0.15) is 0 Å². The largest absolute Gasteiger partial charge is 0.316 e. The van der Waals surface area contributed by atoms with Crippen molar-refractivity contribution in [3.63, 3.8) is 0 Å². The SMILES string of the molecule is CC(C)(CNCCCN1CCCC1)c1cccs1. The number of likely N-dealkylation sites (tertiary alicyclic amines) is 1. The molecule has 3 heteroatoms. The Balaban J connectivity index is 1.60. The molecule has 0 saturated carbocycles. The zero-order valence-corrected chi connectivity index (χ0v) is 12.6. The maximum absolute atomic E-state index is 3.62. The van der Waals surface area contributed by atoms with Crippen LogP contribution in [0.5, 0.6) is 0 Å². The first-order valence-corrected chi connectivity index (χ1v) is 8.03. The second kappa shape index (κ2) is 6.69. The average Bonchev–Trinajstić information content (AvgIpc) is 3.02. The van der Waals surface area contributed by atoms with E-state index >= 15 is 0 Å². The van der Waals surface area contributed by atoms with Gasteiger partial charge in [-0.25, -0.2) is 0 Å². The lowest BCUT2D eigenvalue weighted by atomic mass is 9.91. The summed E-state index contributed by atoms with van der Waals surface area (Å²) < 4.78 is 0. The van der Waals surface area contributed by atoms with Gasteiger partial charge in [0.15, 0.2) is 0 Å². The topological polar surface area (TPSA) is 15.3 Å². The molecule has 0 aliphatic carbocycles. The van der Waals surface area contributed by atoms with Crippen LogP contribution in [0.4, 0.5) is 0 Å². The summed E-state index contributed by atoms with van der Waals surface area (Å²) in [6.07, 6.45) is 4.08. The first kappa shape index (κ1) is 14.0. The summed E-state index contributed by atoms with van der Waals surface area (Å²) in [5.74, 6) is 0. The molecule has 0 aromatic carbocycles. The Morgan fingerprint density at radius 1 is 1.33 bits per heavy atom. The number of rotatable bonds is 7. The molecule has 1 aromatic rings. The fourth-order valence-electron chi connectivity index (χ4n) is 2.59. The Morgan fingerprint density at radius 3 is 2.78 bits per heavy atom. The van der Waals surface area contributed by atoms with E-state index in [1.165, 1.54) is 43.8 Å². The molecular formula is C15H26N2S. The van der Waals surface area contributed by atoms with Gasteiger partial charge in [-0.1, -0.05) is 19.9 Å². The van der Waals surface area contributed by atoms with E-state index in [1.807, 2.05) is 11.3 Å². The van der Waals surface area contributed by atoms with Gasteiger partial charge >= 0.3 is 0 Å². The van der Waals surface area contributed by atoms with Crippen molar-refractivity contribution >= 4 is 11.3 Å². The summed E-state index contributed by atoms with van der Waals surface area (Å²) in [6.45, 7) is 10.8. The molecule has 1 saturated heterocycles. The number of hydrogen-bond donors (Lipinski definition) is 1. The van der Waals surface area contributed by atoms with Crippen LogP contribution < -0.4 is 5.32 Å². The fourth-order valence-corrected chi connectivity index (χ4v) is 3.44. The molecule has 102 valence electrons. The van der Waals surface area contributed by atoms with Gasteiger partial charge < -0.3 is 10.2 Å². The Morgan fingerprint density at radius 2 is 2.11 bits per heavy atom. The molecule has 0 radical (unpaired) electrons. The van der Waals surface area contributed by atoms with Gasteiger partial charge in [-0.05, 0) is 56.9 Å². The molecule has 1 aromatic heterocycles. The highest BCUT2D eigenvalue weighted by Crippen LogP contribution is 2.26. The molecule has 1 fully saturated rings. The average molecular weight is 266 g/mol. The Kier molecular flexibility index (Phi) is 5.22. The highest BCUT2D eigenvalue weighted by molar-refractivity contribution is 7.10. The normalized spacial score (nSPS) is 17.4. The maximum atomic E-state index is 3.62. The van der Waals surface area contributed by atoms with Crippen molar-refractivity contribution in [2.75, 3.05) is 32.7 Å². The number of nitrogens with one attached hydrogen (secondary N) is 1. The fraction of sp³-hybridized carbons (Fsp3) is 0.733. The monoisotopic (exact) mass is 266 g/mol. The number of nitrogens with zero attached hydrogens (tertiary/aromatic N) is 1. The van der Waals surface area contributed by atoms with E-state index < -0.39 is 0 Å². The summed E-state index contributed by atoms with van der Waals surface area (Å²) in [4.78, 5) is 4.07. The predicted octanol–water partition coefficient (Wildman–Crippen LogP) is 3.10. The Hall–Kier alpha value is -0.380. The van der Waals surface area contributed by atoms with Crippen LogP contribution >= 0.6 is 11.3 Å². The molecule has 2 heterocycles. The lowest BCUT2D eigenvalue weighted by Crippen LogP contribution is -2.34. The number of thiophene rings is 1. The molecule has 0 unspecified atom stereocenters. The summed E-state index contributed by atoms with van der Waals surface area (Å²) >= 11 is 1.87. The Bertz CT molecular complexity index is 326. The highest BCUT2D eigenvalue weighted by atomic mass is 32.1. The van der Waals surface area contributed by atoms with Gasteiger partial charge in [0.2, 0.25) is 0 Å². The van der Waals surface area contributed by atoms with E-state index in [2.05, 4.69) is 41.6 Å². The van der Waals surface area contributed by atoms with E-state index in [-0.39, 0.29) is 5.41 Å². The third-order valence-corrected chi connectivity index (χ3v) is 5.02. The molecule has 1 N–H and O–H groups in total. The quantitative estimate of drug-likeness (QED) is 0.763. The smallest absolute Gasteiger partial charge is 0.0115 e. The first-order valence-electron chi connectivity index (χ1n) is 7.15. The lowest BCUT2D eigenvalue weighted by molar-refractivity contribution is 0.328. The third kappa shape index (κ3) is 4.08. The lowest BCUT2D eigenvalue weighted by Gasteiger charge is -2.24. The minimum Gasteiger partial charge on any atom is -0.316 e.